The van der Waals surface area contributed by atoms with E-state index in [2.05, 4.69) is 27.8 Å². The highest BCUT2D eigenvalue weighted by Gasteiger charge is 2.38. The van der Waals surface area contributed by atoms with Gasteiger partial charge in [0.1, 0.15) is 23.6 Å². The molecule has 3 aliphatic rings. The molecule has 3 aliphatic heterocycles. The number of benzene rings is 2. The van der Waals surface area contributed by atoms with E-state index in [1.54, 1.807) is 6.07 Å². The molecule has 1 saturated heterocycles. The van der Waals surface area contributed by atoms with Crippen LogP contribution in [0, 0.1) is 12.7 Å². The van der Waals surface area contributed by atoms with Gasteiger partial charge in [0.05, 0.1) is 21.4 Å². The van der Waals surface area contributed by atoms with E-state index in [-0.39, 0.29) is 11.4 Å². The minimum atomic E-state index is -1.22. The fourth-order valence-corrected chi connectivity index (χ4v) is 7.14. The summed E-state index contributed by atoms with van der Waals surface area (Å²) in [7, 11) is 0. The molecule has 9 nitrogen and oxygen atoms in total. The van der Waals surface area contributed by atoms with Gasteiger partial charge in [-0.3, -0.25) is 10.1 Å². The Morgan fingerprint density at radius 2 is 1.90 bits per heavy atom. The molecule has 0 radical (unpaired) electrons. The van der Waals surface area contributed by atoms with Crippen LogP contribution in [0.15, 0.2) is 53.1 Å². The van der Waals surface area contributed by atoms with E-state index in [1.807, 2.05) is 62.6 Å². The zero-order chi connectivity index (χ0) is 34.4. The Morgan fingerprint density at radius 3 is 2.60 bits per heavy atom. The molecule has 2 aromatic carbocycles. The van der Waals surface area contributed by atoms with Crippen LogP contribution in [-0.4, -0.2) is 57.6 Å². The smallest absolute Gasteiger partial charge is 0.337 e. The average Bonchev–Trinajstić information content (AvgIpc) is 3.48. The summed E-state index contributed by atoms with van der Waals surface area (Å²) in [5.74, 6) is -0.199. The van der Waals surface area contributed by atoms with Gasteiger partial charge in [0.15, 0.2) is 11.8 Å². The maximum Gasteiger partial charge on any atom is 0.337 e. The highest BCUT2D eigenvalue weighted by molar-refractivity contribution is 9.10. The molecule has 0 saturated carbocycles. The van der Waals surface area contributed by atoms with Crippen molar-refractivity contribution in [3.63, 3.8) is 0 Å². The predicted octanol–water partition coefficient (Wildman–Crippen LogP) is 8.04. The number of anilines is 1. The Bertz CT molecular complexity index is 1830. The molecule has 0 aliphatic carbocycles. The number of carboxylic acid groups (broad SMARTS) is 1. The third-order valence-corrected chi connectivity index (χ3v) is 10.2. The highest BCUT2D eigenvalue weighted by atomic mass is 79.9. The molecular formula is C37H44BrFN4O5. The van der Waals surface area contributed by atoms with Crippen LogP contribution in [0.5, 0.6) is 5.75 Å². The van der Waals surface area contributed by atoms with Crippen LogP contribution in [0.25, 0.3) is 28.0 Å². The monoisotopic (exact) mass is 722 g/mol. The third kappa shape index (κ3) is 7.10. The Hall–Kier alpha value is -3.51. The third-order valence-electron chi connectivity index (χ3n) is 9.21. The van der Waals surface area contributed by atoms with E-state index in [9.17, 15) is 14.3 Å². The largest absolute Gasteiger partial charge is 0.479 e. The summed E-state index contributed by atoms with van der Waals surface area (Å²) in [4.78, 5) is 20.2. The molecule has 2 aromatic heterocycles. The molecule has 4 aromatic rings. The van der Waals surface area contributed by atoms with Crippen LogP contribution in [0.2, 0.25) is 0 Å². The van der Waals surface area contributed by atoms with E-state index >= 15 is 0 Å². The number of fused-ring (bicyclic) bond motifs is 8. The molecule has 5 heterocycles. The van der Waals surface area contributed by atoms with Crippen molar-refractivity contribution in [2.75, 3.05) is 24.6 Å². The summed E-state index contributed by atoms with van der Waals surface area (Å²) < 4.78 is 36.2. The number of carbonyl (C=O) groups is 1. The second kappa shape index (κ2) is 13.4. The molecule has 48 heavy (non-hydrogen) atoms. The molecule has 256 valence electrons. The van der Waals surface area contributed by atoms with Gasteiger partial charge in [-0.25, -0.2) is 14.2 Å². The molecular weight excluding hydrogens is 679 g/mol. The number of rotatable bonds is 3. The lowest BCUT2D eigenvalue weighted by atomic mass is 9.92. The van der Waals surface area contributed by atoms with Gasteiger partial charge in [0.25, 0.3) is 0 Å². The summed E-state index contributed by atoms with van der Waals surface area (Å²) in [5.41, 5.74) is 10.2. The predicted molar refractivity (Wildman–Crippen MR) is 188 cm³/mol. The number of nitrogens with zero attached hydrogens (tertiary/aromatic N) is 3. The Morgan fingerprint density at radius 1 is 1.17 bits per heavy atom. The van der Waals surface area contributed by atoms with Crippen LogP contribution in [0.4, 0.5) is 10.2 Å². The van der Waals surface area contributed by atoms with Gasteiger partial charge in [-0.2, -0.15) is 0 Å². The Balaban J connectivity index is 1.56. The summed E-state index contributed by atoms with van der Waals surface area (Å²) in [5, 5.41) is 10.6. The van der Waals surface area contributed by atoms with Gasteiger partial charge in [-0.1, -0.05) is 18.2 Å². The zero-order valence-corrected chi connectivity index (χ0v) is 29.8. The quantitative estimate of drug-likeness (QED) is 0.219. The van der Waals surface area contributed by atoms with E-state index < -0.39 is 23.9 Å². The molecule has 6 bridgehead atoms. The number of nitrogens with two attached hydrogens (primary N) is 1. The number of aliphatic carboxylic acids is 1. The number of piperidine rings is 1. The van der Waals surface area contributed by atoms with Crippen LogP contribution in [0.3, 0.4) is 0 Å². The molecule has 0 amide bonds. The molecule has 7 rings (SSSR count). The van der Waals surface area contributed by atoms with Crippen molar-refractivity contribution in [1.29, 1.82) is 0 Å². The van der Waals surface area contributed by atoms with Gasteiger partial charge >= 0.3 is 5.97 Å². The number of aromatic nitrogens is 2. The number of hydrogen-bond donors (Lipinski definition) is 2. The number of hydrogen-bond acceptors (Lipinski definition) is 7. The maximum atomic E-state index is 14.6. The first kappa shape index (κ1) is 34.4. The van der Waals surface area contributed by atoms with Gasteiger partial charge in [-0.05, 0) is 118 Å². The normalized spacial score (nSPS) is 21.2. The van der Waals surface area contributed by atoms with Crippen molar-refractivity contribution < 1.29 is 28.5 Å². The van der Waals surface area contributed by atoms with Crippen molar-refractivity contribution in [3.05, 3.63) is 70.1 Å². The number of pyridine rings is 1. The first-order valence-corrected chi connectivity index (χ1v) is 17.4. The lowest BCUT2D eigenvalue weighted by Gasteiger charge is -2.42. The minimum absolute atomic E-state index is 0.322. The topological polar surface area (TPSA) is 112 Å². The van der Waals surface area contributed by atoms with E-state index in [1.165, 1.54) is 12.1 Å². The molecule has 0 spiro atoms. The summed E-state index contributed by atoms with van der Waals surface area (Å²) >= 11 is 3.78. The van der Waals surface area contributed by atoms with Crippen molar-refractivity contribution in [2.24, 2.45) is 5.73 Å². The fraction of sp³-hybridized carbons (Fsp3) is 0.459. The van der Waals surface area contributed by atoms with Gasteiger partial charge in [0, 0.05) is 42.6 Å². The minimum Gasteiger partial charge on any atom is -0.479 e. The lowest BCUT2D eigenvalue weighted by Crippen LogP contribution is -2.45. The SMILES string of the molecule is Cc1c([C@H](OC(C)(C)C)C(=O)O)c2n3cc(nc3c1Br)-c1cccc(c1)-c1cc(F)ccc1O[C@@H](N)CCCCOC1(C)CCN2CC1. The number of halogens is 2. The van der Waals surface area contributed by atoms with Crippen molar-refractivity contribution in [2.45, 2.75) is 90.3 Å². The number of carboxylic acids is 1. The Labute approximate surface area is 289 Å². The van der Waals surface area contributed by atoms with Crippen LogP contribution >= 0.6 is 15.9 Å². The first-order chi connectivity index (χ1) is 22.7. The van der Waals surface area contributed by atoms with Crippen LogP contribution in [0.1, 0.15) is 77.0 Å². The molecule has 0 unspecified atom stereocenters. The van der Waals surface area contributed by atoms with Gasteiger partial charge in [-0.15, -0.1) is 0 Å². The van der Waals surface area contributed by atoms with Gasteiger partial charge < -0.3 is 24.2 Å². The zero-order valence-electron chi connectivity index (χ0n) is 28.2. The fourth-order valence-electron chi connectivity index (χ4n) is 6.64. The highest BCUT2D eigenvalue weighted by Crippen LogP contribution is 2.43. The summed E-state index contributed by atoms with van der Waals surface area (Å²) in [6, 6.07) is 12.2. The molecule has 11 heteroatoms. The van der Waals surface area contributed by atoms with Crippen LogP contribution < -0.4 is 15.4 Å². The first-order valence-electron chi connectivity index (χ1n) is 16.6. The van der Waals surface area contributed by atoms with E-state index in [0.717, 1.165) is 48.2 Å². The van der Waals surface area contributed by atoms with Gasteiger partial charge in [0.2, 0.25) is 0 Å². The molecule has 1 fully saturated rings. The summed E-state index contributed by atoms with van der Waals surface area (Å²) in [6.07, 6.45) is 3.97. The van der Waals surface area contributed by atoms with Crippen molar-refractivity contribution in [3.8, 4) is 28.1 Å². The summed E-state index contributed by atoms with van der Waals surface area (Å²) in [6.45, 7) is 11.6. The number of ether oxygens (including phenoxy) is 3. The average molecular weight is 724 g/mol. The molecule has 2 atom stereocenters. The maximum absolute atomic E-state index is 14.6. The lowest BCUT2D eigenvalue weighted by molar-refractivity contribution is -0.160. The molecule has 3 N–H and O–H groups in total. The standard InChI is InChI=1S/C37H44BrFN4O5/c1-22-30(32(35(44)45)48-36(2,3)4)34-42-16-14-37(5,15-17-42)46-18-7-6-11-29(40)47-28-13-12-25(39)20-26(28)23-9-8-10-24(19-23)27-21-43(34)33(41-27)31(22)38/h8-10,12-13,19-21,29,32H,6-7,11,14-18,40H2,1-5H3,(H,44,45)/t29-,32+/m1/s1. The second-order valence-corrected chi connectivity index (χ2v) is 14.9. The number of imidazole rings is 1. The Kier molecular flexibility index (Phi) is 9.61. The second-order valence-electron chi connectivity index (χ2n) is 14.1. The van der Waals surface area contributed by atoms with Crippen molar-refractivity contribution in [1.82, 2.24) is 9.38 Å². The van der Waals surface area contributed by atoms with Crippen molar-refractivity contribution >= 4 is 33.4 Å². The van der Waals surface area contributed by atoms with Crippen LogP contribution in [-0.2, 0) is 14.3 Å². The van der Waals surface area contributed by atoms with E-state index in [0.29, 0.717) is 58.8 Å². The van der Waals surface area contributed by atoms with E-state index in [4.69, 9.17) is 24.9 Å².